The van der Waals surface area contributed by atoms with Gasteiger partial charge in [0, 0.05) is 5.69 Å². The number of anilines is 3. The summed E-state index contributed by atoms with van der Waals surface area (Å²) in [6.07, 6.45) is 0. The molecule has 2 aromatic carbocycles. The first-order valence-electron chi connectivity index (χ1n) is 5.31. The molecule has 2 aromatic rings. The third kappa shape index (κ3) is 4.89. The van der Waals surface area contributed by atoms with E-state index in [1.54, 1.807) is 24.3 Å². The molecule has 7 N–H and O–H groups in total. The summed E-state index contributed by atoms with van der Waals surface area (Å²) in [6.45, 7) is 0. The van der Waals surface area contributed by atoms with Gasteiger partial charge in [0.1, 0.15) is 0 Å². The van der Waals surface area contributed by atoms with Gasteiger partial charge in [0.15, 0.2) is 0 Å². The number of primary amides is 1. The molecule has 2 amide bonds. The molecule has 0 aliphatic rings. The van der Waals surface area contributed by atoms with Gasteiger partial charge in [-0.1, -0.05) is 30.3 Å². The molecule has 0 heterocycles. The van der Waals surface area contributed by atoms with Crippen LogP contribution in [0.1, 0.15) is 0 Å². The third-order valence-electron chi connectivity index (χ3n) is 2.04. The van der Waals surface area contributed by atoms with Gasteiger partial charge in [-0.2, -0.15) is 0 Å². The predicted octanol–water partition coefficient (Wildman–Crippen LogP) is 2.03. The highest BCUT2D eigenvalue weighted by Gasteiger charge is 1.90. The Morgan fingerprint density at radius 2 is 1.28 bits per heavy atom. The molecule has 0 aliphatic carbocycles. The third-order valence-corrected chi connectivity index (χ3v) is 2.04. The number of nitrogen functional groups attached to an aromatic ring is 2. The van der Waals surface area contributed by atoms with Crippen molar-refractivity contribution in [1.29, 1.82) is 0 Å². The summed E-state index contributed by atoms with van der Waals surface area (Å²) in [4.78, 5) is 10.3. The van der Waals surface area contributed by atoms with E-state index in [1.807, 2.05) is 30.3 Å². The van der Waals surface area contributed by atoms with Crippen molar-refractivity contribution in [2.75, 3.05) is 16.8 Å². The lowest BCUT2D eigenvalue weighted by atomic mass is 10.3. The zero-order valence-electron chi connectivity index (χ0n) is 9.84. The number of rotatable bonds is 1. The number of nitrogens with one attached hydrogen (secondary N) is 1. The summed E-state index contributed by atoms with van der Waals surface area (Å²) in [5.74, 6) is 0. The van der Waals surface area contributed by atoms with Crippen LogP contribution in [0.3, 0.4) is 0 Å². The number of benzene rings is 2. The SMILES string of the molecule is NC(=O)Nc1ccccc1.Nc1ccccc1N. The van der Waals surface area contributed by atoms with Crippen LogP contribution in [0.15, 0.2) is 54.6 Å². The molecule has 94 valence electrons. The highest BCUT2D eigenvalue weighted by Crippen LogP contribution is 2.10. The Kier molecular flexibility index (Phi) is 5.05. The lowest BCUT2D eigenvalue weighted by Crippen LogP contribution is -2.18. The topological polar surface area (TPSA) is 107 Å². The van der Waals surface area contributed by atoms with Crippen molar-refractivity contribution < 1.29 is 4.79 Å². The van der Waals surface area contributed by atoms with E-state index in [0.717, 1.165) is 5.69 Å². The van der Waals surface area contributed by atoms with Gasteiger partial charge in [0.25, 0.3) is 0 Å². The fourth-order valence-electron chi connectivity index (χ4n) is 1.17. The van der Waals surface area contributed by atoms with E-state index in [1.165, 1.54) is 0 Å². The van der Waals surface area contributed by atoms with Crippen LogP contribution in [0.25, 0.3) is 0 Å². The fraction of sp³-hybridized carbons (Fsp3) is 0. The molecular formula is C13H16N4O. The Morgan fingerprint density at radius 3 is 1.67 bits per heavy atom. The lowest BCUT2D eigenvalue weighted by Gasteiger charge is -1.97. The summed E-state index contributed by atoms with van der Waals surface area (Å²) in [5.41, 5.74) is 17.7. The number of amides is 2. The standard InChI is InChI=1S/C7H8N2O.C6H8N2/c8-7(10)9-6-4-2-1-3-5-6;7-5-3-1-2-4-6(5)8/h1-5H,(H3,8,9,10);1-4H,7-8H2. The van der Waals surface area contributed by atoms with E-state index < -0.39 is 6.03 Å². The molecule has 0 bridgehead atoms. The molecule has 0 unspecified atom stereocenters. The Bertz CT molecular complexity index is 478. The van der Waals surface area contributed by atoms with Crippen molar-refractivity contribution in [3.63, 3.8) is 0 Å². The summed E-state index contributed by atoms with van der Waals surface area (Å²) < 4.78 is 0. The summed E-state index contributed by atoms with van der Waals surface area (Å²) >= 11 is 0. The van der Waals surface area contributed by atoms with E-state index in [4.69, 9.17) is 17.2 Å². The molecule has 0 aliphatic heterocycles. The molecule has 0 spiro atoms. The number of carbonyl (C=O) groups excluding carboxylic acids is 1. The van der Waals surface area contributed by atoms with Gasteiger partial charge in [-0.25, -0.2) is 4.79 Å². The number of nitrogens with two attached hydrogens (primary N) is 3. The second-order valence-electron chi connectivity index (χ2n) is 3.48. The fourth-order valence-corrected chi connectivity index (χ4v) is 1.17. The van der Waals surface area contributed by atoms with Crippen LogP contribution in [0.5, 0.6) is 0 Å². The zero-order chi connectivity index (χ0) is 13.4. The molecular weight excluding hydrogens is 228 g/mol. The molecule has 0 radical (unpaired) electrons. The minimum absolute atomic E-state index is 0.536. The lowest BCUT2D eigenvalue weighted by molar-refractivity contribution is 0.259. The van der Waals surface area contributed by atoms with Gasteiger partial charge in [0.05, 0.1) is 11.4 Å². The monoisotopic (exact) mass is 244 g/mol. The molecule has 0 atom stereocenters. The van der Waals surface area contributed by atoms with Crippen LogP contribution in [-0.4, -0.2) is 6.03 Å². The normalized spacial score (nSPS) is 8.89. The predicted molar refractivity (Wildman–Crippen MR) is 74.9 cm³/mol. The Morgan fingerprint density at radius 1 is 0.833 bits per heavy atom. The number of carbonyl (C=O) groups is 1. The Hall–Kier alpha value is -2.69. The Labute approximate surface area is 106 Å². The summed E-state index contributed by atoms with van der Waals surface area (Å²) in [6, 6.07) is 15.8. The van der Waals surface area contributed by atoms with Crippen molar-refractivity contribution in [3.05, 3.63) is 54.6 Å². The maximum Gasteiger partial charge on any atom is 0.316 e. The van der Waals surface area contributed by atoms with E-state index in [0.29, 0.717) is 11.4 Å². The van der Waals surface area contributed by atoms with Crippen LogP contribution >= 0.6 is 0 Å². The van der Waals surface area contributed by atoms with Crippen LogP contribution in [0, 0.1) is 0 Å². The second kappa shape index (κ2) is 6.80. The van der Waals surface area contributed by atoms with Crippen LogP contribution < -0.4 is 22.5 Å². The molecule has 0 fully saturated rings. The van der Waals surface area contributed by atoms with Crippen molar-refractivity contribution >= 4 is 23.1 Å². The van der Waals surface area contributed by atoms with Crippen LogP contribution in [-0.2, 0) is 0 Å². The highest BCUT2D eigenvalue weighted by molar-refractivity contribution is 5.87. The van der Waals surface area contributed by atoms with Crippen molar-refractivity contribution in [2.45, 2.75) is 0 Å². The molecule has 18 heavy (non-hydrogen) atoms. The first-order chi connectivity index (χ1) is 8.59. The maximum atomic E-state index is 10.3. The van der Waals surface area contributed by atoms with Crippen molar-refractivity contribution in [1.82, 2.24) is 0 Å². The quantitative estimate of drug-likeness (QED) is 0.576. The van der Waals surface area contributed by atoms with Crippen molar-refractivity contribution in [3.8, 4) is 0 Å². The van der Waals surface area contributed by atoms with Gasteiger partial charge in [-0.3, -0.25) is 0 Å². The van der Waals surface area contributed by atoms with Crippen LogP contribution in [0.2, 0.25) is 0 Å². The second-order valence-corrected chi connectivity index (χ2v) is 3.48. The minimum Gasteiger partial charge on any atom is -0.397 e. The number of urea groups is 1. The first-order valence-corrected chi connectivity index (χ1v) is 5.31. The molecule has 5 heteroatoms. The minimum atomic E-state index is -0.536. The average molecular weight is 244 g/mol. The molecule has 2 rings (SSSR count). The maximum absolute atomic E-state index is 10.3. The van der Waals surface area contributed by atoms with E-state index in [-0.39, 0.29) is 0 Å². The van der Waals surface area contributed by atoms with Gasteiger partial charge in [-0.15, -0.1) is 0 Å². The van der Waals surface area contributed by atoms with Crippen molar-refractivity contribution in [2.24, 2.45) is 5.73 Å². The highest BCUT2D eigenvalue weighted by atomic mass is 16.2. The van der Waals surface area contributed by atoms with E-state index in [2.05, 4.69) is 5.32 Å². The van der Waals surface area contributed by atoms with E-state index >= 15 is 0 Å². The smallest absolute Gasteiger partial charge is 0.316 e. The zero-order valence-corrected chi connectivity index (χ0v) is 9.84. The van der Waals surface area contributed by atoms with Gasteiger partial charge < -0.3 is 22.5 Å². The Balaban J connectivity index is 0.000000184. The number of para-hydroxylation sites is 3. The number of hydrogen-bond donors (Lipinski definition) is 4. The first kappa shape index (κ1) is 13.4. The van der Waals surface area contributed by atoms with Gasteiger partial charge in [-0.05, 0) is 24.3 Å². The largest absolute Gasteiger partial charge is 0.397 e. The molecule has 5 nitrogen and oxygen atoms in total. The number of hydrogen-bond acceptors (Lipinski definition) is 3. The van der Waals surface area contributed by atoms with E-state index in [9.17, 15) is 4.79 Å². The summed E-state index contributed by atoms with van der Waals surface area (Å²) in [7, 11) is 0. The molecule has 0 saturated heterocycles. The average Bonchev–Trinajstić information content (AvgIpc) is 2.34. The van der Waals surface area contributed by atoms with Gasteiger partial charge >= 0.3 is 6.03 Å². The van der Waals surface area contributed by atoms with Crippen LogP contribution in [0.4, 0.5) is 21.9 Å². The summed E-state index contributed by atoms with van der Waals surface area (Å²) in [5, 5.41) is 2.44. The molecule has 0 saturated carbocycles. The molecule has 0 aromatic heterocycles. The van der Waals surface area contributed by atoms with Gasteiger partial charge in [0.2, 0.25) is 0 Å².